The molecule has 0 aliphatic rings. The summed E-state index contributed by atoms with van der Waals surface area (Å²) in [6.07, 6.45) is 0.674. The fourth-order valence-corrected chi connectivity index (χ4v) is 2.25. The Hall–Kier alpha value is -1.56. The number of nitrogens with one attached hydrogen (secondary N) is 1. The van der Waals surface area contributed by atoms with Crippen molar-refractivity contribution in [1.82, 2.24) is 15.4 Å². The van der Waals surface area contributed by atoms with Crippen molar-refractivity contribution in [3.63, 3.8) is 0 Å². The molecule has 1 heterocycles. The lowest BCUT2D eigenvalue weighted by Crippen LogP contribution is -2.49. The van der Waals surface area contributed by atoms with Gasteiger partial charge in [-0.2, -0.15) is 0 Å². The van der Waals surface area contributed by atoms with E-state index in [9.17, 15) is 9.90 Å². The Morgan fingerprint density at radius 1 is 1.48 bits per heavy atom. The monoisotopic (exact) mass is 297 g/mol. The second-order valence-corrected chi connectivity index (χ2v) is 6.18. The van der Waals surface area contributed by atoms with Gasteiger partial charge in [-0.05, 0) is 48.0 Å². The molecule has 6 heteroatoms. The van der Waals surface area contributed by atoms with Gasteiger partial charge in [0, 0.05) is 18.2 Å². The fourth-order valence-electron chi connectivity index (χ4n) is 2.25. The molecule has 0 fully saturated rings. The molecule has 120 valence electrons. The lowest BCUT2D eigenvalue weighted by molar-refractivity contribution is 0.0476. The van der Waals surface area contributed by atoms with E-state index in [1.54, 1.807) is 18.7 Å². The highest BCUT2D eigenvalue weighted by atomic mass is 16.5. The second-order valence-electron chi connectivity index (χ2n) is 6.18. The highest BCUT2D eigenvalue weighted by molar-refractivity contribution is 5.74. The molecule has 21 heavy (non-hydrogen) atoms. The molecule has 0 spiro atoms. The van der Waals surface area contributed by atoms with E-state index in [1.807, 2.05) is 27.7 Å². The molecule has 0 bridgehead atoms. The molecule has 0 saturated heterocycles. The van der Waals surface area contributed by atoms with E-state index >= 15 is 0 Å². The summed E-state index contributed by atoms with van der Waals surface area (Å²) in [6, 6.07) is -0.205. The number of rotatable bonds is 6. The summed E-state index contributed by atoms with van der Waals surface area (Å²) in [5.41, 5.74) is 0.990. The van der Waals surface area contributed by atoms with Crippen molar-refractivity contribution in [2.24, 2.45) is 0 Å². The summed E-state index contributed by atoms with van der Waals surface area (Å²) >= 11 is 0. The van der Waals surface area contributed by atoms with Gasteiger partial charge in [0.15, 0.2) is 0 Å². The summed E-state index contributed by atoms with van der Waals surface area (Å²) in [7, 11) is 0. The van der Waals surface area contributed by atoms with Crippen LogP contribution in [-0.4, -0.2) is 45.9 Å². The topological polar surface area (TPSA) is 78.6 Å². The van der Waals surface area contributed by atoms with Gasteiger partial charge < -0.3 is 19.8 Å². The minimum atomic E-state index is -0.905. The van der Waals surface area contributed by atoms with Crippen molar-refractivity contribution >= 4 is 6.03 Å². The van der Waals surface area contributed by atoms with Gasteiger partial charge >= 0.3 is 6.03 Å². The number of aliphatic hydroxyl groups is 1. The van der Waals surface area contributed by atoms with Gasteiger partial charge in [0.1, 0.15) is 5.76 Å². The van der Waals surface area contributed by atoms with Gasteiger partial charge in [-0.15, -0.1) is 0 Å². The molecule has 0 aliphatic carbocycles. The molecule has 1 aromatic heterocycles. The highest BCUT2D eigenvalue weighted by Gasteiger charge is 2.22. The van der Waals surface area contributed by atoms with Crippen molar-refractivity contribution in [1.29, 1.82) is 0 Å². The maximum Gasteiger partial charge on any atom is 0.317 e. The minimum absolute atomic E-state index is 0.0369. The molecular weight excluding hydrogens is 270 g/mol. The van der Waals surface area contributed by atoms with Gasteiger partial charge in [-0.25, -0.2) is 4.79 Å². The SMILES string of the molecule is CCN(CC(C)(C)O)C(=O)NC(C)Cc1c(C)noc1C. The quantitative estimate of drug-likeness (QED) is 0.842. The summed E-state index contributed by atoms with van der Waals surface area (Å²) in [4.78, 5) is 13.8. The normalized spacial score (nSPS) is 13.1. The molecule has 1 aromatic rings. The van der Waals surface area contributed by atoms with E-state index in [-0.39, 0.29) is 12.1 Å². The van der Waals surface area contributed by atoms with Crippen molar-refractivity contribution in [3.8, 4) is 0 Å². The molecule has 0 aromatic carbocycles. The Balaban J connectivity index is 2.61. The van der Waals surface area contributed by atoms with E-state index in [2.05, 4.69) is 10.5 Å². The van der Waals surface area contributed by atoms with Crippen LogP contribution in [0.3, 0.4) is 0 Å². The van der Waals surface area contributed by atoms with Crippen molar-refractivity contribution in [3.05, 3.63) is 17.0 Å². The van der Waals surface area contributed by atoms with E-state index in [1.165, 1.54) is 0 Å². The molecule has 2 N–H and O–H groups in total. The van der Waals surface area contributed by atoms with Crippen LogP contribution in [0.25, 0.3) is 0 Å². The van der Waals surface area contributed by atoms with E-state index < -0.39 is 5.60 Å². The largest absolute Gasteiger partial charge is 0.389 e. The number of carbonyl (C=O) groups is 1. The predicted octanol–water partition coefficient (Wildman–Crippen LogP) is 2.02. The van der Waals surface area contributed by atoms with Crippen LogP contribution < -0.4 is 5.32 Å². The smallest absolute Gasteiger partial charge is 0.317 e. The van der Waals surface area contributed by atoms with Gasteiger partial charge in [0.25, 0.3) is 0 Å². The van der Waals surface area contributed by atoms with Gasteiger partial charge in [0.05, 0.1) is 17.8 Å². The van der Waals surface area contributed by atoms with Crippen LogP contribution >= 0.6 is 0 Å². The van der Waals surface area contributed by atoms with Crippen molar-refractivity contribution < 1.29 is 14.4 Å². The number of amides is 2. The predicted molar refractivity (Wildman–Crippen MR) is 81.2 cm³/mol. The first kappa shape index (κ1) is 17.5. The summed E-state index contributed by atoms with van der Waals surface area (Å²) < 4.78 is 5.13. The molecular formula is C15H27N3O3. The molecule has 1 unspecified atom stereocenters. The summed E-state index contributed by atoms with van der Waals surface area (Å²) in [5.74, 6) is 0.789. The third-order valence-corrected chi connectivity index (χ3v) is 3.31. The Morgan fingerprint density at radius 2 is 2.10 bits per heavy atom. The van der Waals surface area contributed by atoms with Gasteiger partial charge in [-0.1, -0.05) is 5.16 Å². The Morgan fingerprint density at radius 3 is 2.52 bits per heavy atom. The zero-order valence-electron chi connectivity index (χ0n) is 13.9. The maximum absolute atomic E-state index is 12.2. The molecule has 1 rings (SSSR count). The summed E-state index contributed by atoms with van der Waals surface area (Å²) in [5, 5.41) is 16.7. The zero-order chi connectivity index (χ0) is 16.2. The third-order valence-electron chi connectivity index (χ3n) is 3.31. The summed E-state index contributed by atoms with van der Waals surface area (Å²) in [6.45, 7) is 11.8. The number of hydrogen-bond donors (Lipinski definition) is 2. The van der Waals surface area contributed by atoms with Crippen LogP contribution in [0.4, 0.5) is 4.79 Å². The van der Waals surface area contributed by atoms with Crippen LogP contribution in [-0.2, 0) is 6.42 Å². The van der Waals surface area contributed by atoms with Gasteiger partial charge in [-0.3, -0.25) is 0 Å². The van der Waals surface area contributed by atoms with Crippen LogP contribution in [0.1, 0.15) is 44.7 Å². The van der Waals surface area contributed by atoms with Crippen molar-refractivity contribution in [2.45, 2.75) is 59.6 Å². The molecule has 2 amide bonds. The maximum atomic E-state index is 12.2. The van der Waals surface area contributed by atoms with Crippen LogP contribution in [0.5, 0.6) is 0 Å². The number of nitrogens with zero attached hydrogens (tertiary/aromatic N) is 2. The number of urea groups is 1. The number of hydrogen-bond acceptors (Lipinski definition) is 4. The first-order valence-corrected chi connectivity index (χ1v) is 7.33. The molecule has 0 saturated carbocycles. The molecule has 0 aliphatic heterocycles. The van der Waals surface area contributed by atoms with Crippen LogP contribution in [0.15, 0.2) is 4.52 Å². The van der Waals surface area contributed by atoms with Crippen LogP contribution in [0.2, 0.25) is 0 Å². The molecule has 1 atom stereocenters. The Bertz CT molecular complexity index is 457. The van der Waals surface area contributed by atoms with Crippen molar-refractivity contribution in [2.75, 3.05) is 13.1 Å². The number of aromatic nitrogens is 1. The number of carbonyl (C=O) groups excluding carboxylic acids is 1. The standard InChI is InChI=1S/C15H27N3O3/c1-7-18(9-15(5,6)20)14(19)16-10(2)8-13-11(3)17-21-12(13)4/h10,20H,7-9H2,1-6H3,(H,16,19). The van der Waals surface area contributed by atoms with Gasteiger partial charge in [0.2, 0.25) is 0 Å². The Kier molecular flexibility index (Phi) is 5.78. The average molecular weight is 297 g/mol. The Labute approximate surface area is 126 Å². The fraction of sp³-hybridized carbons (Fsp3) is 0.733. The highest BCUT2D eigenvalue weighted by Crippen LogP contribution is 2.14. The van der Waals surface area contributed by atoms with E-state index in [4.69, 9.17) is 4.52 Å². The minimum Gasteiger partial charge on any atom is -0.389 e. The van der Waals surface area contributed by atoms with E-state index in [0.29, 0.717) is 19.5 Å². The zero-order valence-corrected chi connectivity index (χ0v) is 13.9. The lowest BCUT2D eigenvalue weighted by Gasteiger charge is -2.29. The first-order valence-electron chi connectivity index (χ1n) is 7.33. The van der Waals surface area contributed by atoms with Crippen LogP contribution in [0, 0.1) is 13.8 Å². The molecule has 6 nitrogen and oxygen atoms in total. The third kappa shape index (κ3) is 5.38. The number of aryl methyl sites for hydroxylation is 2. The number of likely N-dealkylation sites (N-methyl/N-ethyl adjacent to an activating group) is 1. The average Bonchev–Trinajstić information content (AvgIpc) is 2.66. The second kappa shape index (κ2) is 6.93. The lowest BCUT2D eigenvalue weighted by atomic mass is 10.1. The van der Waals surface area contributed by atoms with E-state index in [0.717, 1.165) is 17.0 Å². The molecule has 0 radical (unpaired) electrons. The first-order chi connectivity index (χ1) is 9.64.